The maximum absolute atomic E-state index is 12.5. The number of aryl methyl sites for hydroxylation is 1. The largest absolute Gasteiger partial charge is 0.496 e. The summed E-state index contributed by atoms with van der Waals surface area (Å²) in [7, 11) is 1.60. The van der Waals surface area contributed by atoms with Crippen molar-refractivity contribution in [1.82, 2.24) is 9.97 Å². The number of methoxy groups -OCH3 is 1. The van der Waals surface area contributed by atoms with Crippen LogP contribution < -0.4 is 20.9 Å². The number of aromatic nitrogens is 2. The first-order valence-corrected chi connectivity index (χ1v) is 7.47. The zero-order valence-electron chi connectivity index (χ0n) is 13.3. The van der Waals surface area contributed by atoms with E-state index in [1.807, 2.05) is 24.0 Å². The molecule has 0 aliphatic carbocycles. The average molecular weight is 316 g/mol. The highest BCUT2D eigenvalue weighted by molar-refractivity contribution is 5.75. The van der Waals surface area contributed by atoms with Crippen LogP contribution >= 0.6 is 0 Å². The summed E-state index contributed by atoms with van der Waals surface area (Å²) in [5.41, 5.74) is 7.84. The van der Waals surface area contributed by atoms with E-state index in [1.54, 1.807) is 13.2 Å². The topological polar surface area (TPSA) is 93.5 Å². The van der Waals surface area contributed by atoms with Gasteiger partial charge in [-0.3, -0.25) is 9.78 Å². The third-order valence-electron chi connectivity index (χ3n) is 3.94. The molecular formula is C16H20N4O3. The van der Waals surface area contributed by atoms with Crippen molar-refractivity contribution in [1.29, 1.82) is 0 Å². The molecule has 0 spiro atoms. The van der Waals surface area contributed by atoms with Crippen molar-refractivity contribution < 1.29 is 9.47 Å². The Morgan fingerprint density at radius 2 is 2.09 bits per heavy atom. The highest BCUT2D eigenvalue weighted by Crippen LogP contribution is 2.28. The van der Waals surface area contributed by atoms with Crippen LogP contribution in [0.1, 0.15) is 5.56 Å². The normalized spacial score (nSPS) is 14.8. The number of aromatic amines is 1. The lowest BCUT2D eigenvalue weighted by atomic mass is 10.1. The second-order valence-electron chi connectivity index (χ2n) is 5.43. The van der Waals surface area contributed by atoms with Crippen molar-refractivity contribution in [2.24, 2.45) is 0 Å². The van der Waals surface area contributed by atoms with Crippen LogP contribution in [0.25, 0.3) is 11.1 Å². The predicted molar refractivity (Wildman–Crippen MR) is 89.0 cm³/mol. The van der Waals surface area contributed by atoms with E-state index in [0.717, 1.165) is 5.56 Å². The molecule has 3 N–H and O–H groups in total. The van der Waals surface area contributed by atoms with Gasteiger partial charge < -0.3 is 20.1 Å². The van der Waals surface area contributed by atoms with Gasteiger partial charge in [-0.05, 0) is 24.1 Å². The van der Waals surface area contributed by atoms with Crippen LogP contribution in [0.5, 0.6) is 5.75 Å². The second-order valence-corrected chi connectivity index (χ2v) is 5.43. The third kappa shape index (κ3) is 3.00. The van der Waals surface area contributed by atoms with Crippen LogP contribution in [-0.4, -0.2) is 43.4 Å². The molecule has 23 heavy (non-hydrogen) atoms. The molecule has 0 amide bonds. The molecule has 0 unspecified atom stereocenters. The van der Waals surface area contributed by atoms with Crippen LogP contribution in [0.3, 0.4) is 0 Å². The molecule has 0 bridgehead atoms. The van der Waals surface area contributed by atoms with Crippen molar-refractivity contribution in [2.75, 3.05) is 44.0 Å². The Hall–Kier alpha value is -2.54. The molecule has 1 saturated heterocycles. The molecule has 122 valence electrons. The van der Waals surface area contributed by atoms with E-state index in [9.17, 15) is 4.79 Å². The fraction of sp³-hybridized carbons (Fsp3) is 0.375. The van der Waals surface area contributed by atoms with Gasteiger partial charge in [0, 0.05) is 13.1 Å². The summed E-state index contributed by atoms with van der Waals surface area (Å²) in [6.45, 7) is 4.52. The van der Waals surface area contributed by atoms with Crippen molar-refractivity contribution in [2.45, 2.75) is 6.92 Å². The summed E-state index contributed by atoms with van der Waals surface area (Å²) in [5, 5.41) is 0. The van der Waals surface area contributed by atoms with Gasteiger partial charge in [0.1, 0.15) is 11.6 Å². The van der Waals surface area contributed by atoms with Gasteiger partial charge in [-0.25, -0.2) is 0 Å². The molecule has 1 aromatic heterocycles. The number of hydrogen-bond donors (Lipinski definition) is 2. The van der Waals surface area contributed by atoms with E-state index in [1.165, 1.54) is 0 Å². The highest BCUT2D eigenvalue weighted by atomic mass is 16.5. The van der Waals surface area contributed by atoms with Crippen LogP contribution in [0.2, 0.25) is 0 Å². The number of ether oxygens (including phenoxy) is 2. The van der Waals surface area contributed by atoms with Gasteiger partial charge in [0.25, 0.3) is 5.56 Å². The summed E-state index contributed by atoms with van der Waals surface area (Å²) in [4.78, 5) is 21.7. The van der Waals surface area contributed by atoms with Crippen molar-refractivity contribution in [3.05, 3.63) is 34.1 Å². The number of benzene rings is 1. The number of anilines is 2. The van der Waals surface area contributed by atoms with E-state index >= 15 is 0 Å². The van der Waals surface area contributed by atoms with E-state index in [-0.39, 0.29) is 11.4 Å². The highest BCUT2D eigenvalue weighted by Gasteiger charge is 2.18. The third-order valence-corrected chi connectivity index (χ3v) is 3.94. The van der Waals surface area contributed by atoms with Gasteiger partial charge in [-0.15, -0.1) is 0 Å². The lowest BCUT2D eigenvalue weighted by molar-refractivity contribution is 0.122. The summed E-state index contributed by atoms with van der Waals surface area (Å²) in [6, 6.07) is 5.53. The first kappa shape index (κ1) is 15.4. The zero-order chi connectivity index (χ0) is 16.4. The molecule has 1 fully saturated rings. The van der Waals surface area contributed by atoms with E-state index in [4.69, 9.17) is 15.2 Å². The maximum Gasteiger partial charge on any atom is 0.262 e. The first-order valence-electron chi connectivity index (χ1n) is 7.47. The number of H-pyrrole nitrogens is 1. The average Bonchev–Trinajstić information content (AvgIpc) is 2.56. The Labute approximate surface area is 134 Å². The van der Waals surface area contributed by atoms with Crippen molar-refractivity contribution in [3.8, 4) is 16.9 Å². The quantitative estimate of drug-likeness (QED) is 0.883. The molecule has 3 rings (SSSR count). The van der Waals surface area contributed by atoms with Crippen molar-refractivity contribution in [3.63, 3.8) is 0 Å². The Morgan fingerprint density at radius 1 is 1.35 bits per heavy atom. The molecule has 1 aliphatic heterocycles. The number of hydrogen-bond acceptors (Lipinski definition) is 6. The van der Waals surface area contributed by atoms with Crippen LogP contribution in [-0.2, 0) is 4.74 Å². The molecule has 1 aromatic carbocycles. The Balaban J connectivity index is 2.02. The molecule has 1 aliphatic rings. The molecule has 0 atom stereocenters. The van der Waals surface area contributed by atoms with Crippen LogP contribution in [0.4, 0.5) is 11.8 Å². The maximum atomic E-state index is 12.5. The van der Waals surface area contributed by atoms with Gasteiger partial charge >= 0.3 is 0 Å². The number of nitrogens with zero attached hydrogens (tertiary/aromatic N) is 2. The van der Waals surface area contributed by atoms with Crippen LogP contribution in [0, 0.1) is 6.92 Å². The van der Waals surface area contributed by atoms with E-state index < -0.39 is 0 Å². The molecule has 2 aromatic rings. The van der Waals surface area contributed by atoms with Gasteiger partial charge in [0.05, 0.1) is 25.9 Å². The number of morpholine rings is 1. The van der Waals surface area contributed by atoms with Gasteiger partial charge in [-0.1, -0.05) is 12.1 Å². The van der Waals surface area contributed by atoms with Gasteiger partial charge in [-0.2, -0.15) is 4.98 Å². The second kappa shape index (κ2) is 6.29. The Morgan fingerprint density at radius 3 is 2.74 bits per heavy atom. The van der Waals surface area contributed by atoms with E-state index in [2.05, 4.69) is 9.97 Å². The number of rotatable bonds is 3. The predicted octanol–water partition coefficient (Wildman–Crippen LogP) is 1.17. The number of nitrogen functional groups attached to an aromatic ring is 1. The minimum atomic E-state index is -0.259. The monoisotopic (exact) mass is 316 g/mol. The summed E-state index contributed by atoms with van der Waals surface area (Å²) in [5.74, 6) is 1.40. The lowest BCUT2D eigenvalue weighted by Gasteiger charge is -2.27. The Kier molecular flexibility index (Phi) is 4.20. The van der Waals surface area contributed by atoms with E-state index in [0.29, 0.717) is 49.1 Å². The van der Waals surface area contributed by atoms with Crippen molar-refractivity contribution >= 4 is 11.8 Å². The molecule has 7 nitrogen and oxygen atoms in total. The summed E-state index contributed by atoms with van der Waals surface area (Å²) in [6.07, 6.45) is 0. The SMILES string of the molecule is COc1cc(-c2c(N)nc(N3CCOCC3)[nH]c2=O)ccc1C. The molecule has 0 saturated carbocycles. The fourth-order valence-electron chi connectivity index (χ4n) is 2.66. The smallest absolute Gasteiger partial charge is 0.262 e. The minimum Gasteiger partial charge on any atom is -0.496 e. The fourth-order valence-corrected chi connectivity index (χ4v) is 2.66. The van der Waals surface area contributed by atoms with Gasteiger partial charge in [0.15, 0.2) is 0 Å². The van der Waals surface area contributed by atoms with Crippen LogP contribution in [0.15, 0.2) is 23.0 Å². The number of nitrogens with two attached hydrogens (primary N) is 1. The van der Waals surface area contributed by atoms with Gasteiger partial charge in [0.2, 0.25) is 5.95 Å². The number of nitrogens with one attached hydrogen (secondary N) is 1. The molecule has 2 heterocycles. The summed E-state index contributed by atoms with van der Waals surface area (Å²) < 4.78 is 10.6. The lowest BCUT2D eigenvalue weighted by Crippen LogP contribution is -2.38. The standard InChI is InChI=1S/C16H20N4O3/c1-10-3-4-11(9-12(10)22-2)13-14(17)18-16(19-15(13)21)20-5-7-23-8-6-20/h3-4,9H,5-8H2,1-2H3,(H3,17,18,19,21). The Bertz CT molecular complexity index is 766. The minimum absolute atomic E-state index is 0.209. The molecule has 0 radical (unpaired) electrons. The molecular weight excluding hydrogens is 296 g/mol. The first-order chi connectivity index (χ1) is 11.1. The summed E-state index contributed by atoms with van der Waals surface area (Å²) >= 11 is 0. The zero-order valence-corrected chi connectivity index (χ0v) is 13.3. The molecule has 7 heteroatoms.